The maximum atomic E-state index is 2.51. The van der Waals surface area contributed by atoms with E-state index in [1.165, 1.54) is 122 Å². The van der Waals surface area contributed by atoms with Crippen LogP contribution in [0.5, 0.6) is 0 Å². The molecule has 0 radical (unpaired) electrons. The molecule has 0 atom stereocenters. The normalized spacial score (nSPS) is 13.6. The van der Waals surface area contributed by atoms with Gasteiger partial charge in [-0.3, -0.25) is 0 Å². The molecule has 13 rings (SSSR count). The van der Waals surface area contributed by atoms with Crippen LogP contribution in [-0.2, 0) is 10.8 Å². The van der Waals surface area contributed by atoms with Gasteiger partial charge >= 0.3 is 0 Å². The first-order valence-corrected chi connectivity index (χ1v) is 25.4. The van der Waals surface area contributed by atoms with Gasteiger partial charge in [-0.25, -0.2) is 0 Å². The molecule has 0 N–H and O–H groups in total. The molecular formula is C70H56N2. The zero-order valence-electron chi connectivity index (χ0n) is 41.8. The molecule has 0 saturated carbocycles. The minimum absolute atomic E-state index is 0.288. The number of fused-ring (bicyclic) bond motifs is 9. The summed E-state index contributed by atoms with van der Waals surface area (Å²) in [7, 11) is 0. The Labute approximate surface area is 424 Å². The van der Waals surface area contributed by atoms with Crippen molar-refractivity contribution >= 4 is 55.7 Å². The van der Waals surface area contributed by atoms with Gasteiger partial charge in [0, 0.05) is 44.4 Å². The quantitative estimate of drug-likeness (QED) is 0.150. The van der Waals surface area contributed by atoms with Gasteiger partial charge in [0.05, 0.1) is 11.4 Å². The first-order chi connectivity index (χ1) is 35.1. The van der Waals surface area contributed by atoms with E-state index in [4.69, 9.17) is 0 Å². The second kappa shape index (κ2) is 16.6. The summed E-state index contributed by atoms with van der Waals surface area (Å²) in [4.78, 5) is 4.96. The molecule has 0 spiro atoms. The maximum Gasteiger partial charge on any atom is 0.0540 e. The average Bonchev–Trinajstić information content (AvgIpc) is 3.79. The summed E-state index contributed by atoms with van der Waals surface area (Å²) < 4.78 is 0. The number of rotatable bonds is 8. The molecule has 0 aromatic heterocycles. The number of nitrogens with zero attached hydrogens (tertiary/aromatic N) is 2. The fourth-order valence-electron chi connectivity index (χ4n) is 12.6. The van der Waals surface area contributed by atoms with Crippen molar-refractivity contribution < 1.29 is 0 Å². The smallest absolute Gasteiger partial charge is 0.0540 e. The molecule has 346 valence electrons. The van der Waals surface area contributed by atoms with Crippen LogP contribution >= 0.6 is 0 Å². The summed E-state index contributed by atoms with van der Waals surface area (Å²) in [6.45, 7) is 14.5. The van der Waals surface area contributed by atoms with Crippen molar-refractivity contribution in [2.45, 2.75) is 52.4 Å². The van der Waals surface area contributed by atoms with E-state index >= 15 is 0 Å². The Morgan fingerprint density at radius 2 is 0.653 bits per heavy atom. The van der Waals surface area contributed by atoms with Gasteiger partial charge in [0.25, 0.3) is 0 Å². The van der Waals surface area contributed by atoms with E-state index in [-0.39, 0.29) is 10.8 Å². The van der Waals surface area contributed by atoms with Crippen LogP contribution in [0.15, 0.2) is 231 Å². The molecule has 0 saturated heterocycles. The molecule has 2 aliphatic rings. The second-order valence-corrected chi connectivity index (χ2v) is 21.0. The molecule has 0 unspecified atom stereocenters. The van der Waals surface area contributed by atoms with E-state index in [2.05, 4.69) is 282 Å². The van der Waals surface area contributed by atoms with Gasteiger partial charge in [0.1, 0.15) is 0 Å². The van der Waals surface area contributed by atoms with Crippen molar-refractivity contribution in [2.24, 2.45) is 0 Å². The molecule has 2 aliphatic carbocycles. The van der Waals surface area contributed by atoms with Crippen LogP contribution in [0.3, 0.4) is 0 Å². The molecular weight excluding hydrogens is 869 g/mol. The van der Waals surface area contributed by atoms with Gasteiger partial charge < -0.3 is 9.80 Å². The van der Waals surface area contributed by atoms with E-state index in [9.17, 15) is 0 Å². The van der Waals surface area contributed by atoms with Crippen LogP contribution in [0, 0.1) is 13.8 Å². The van der Waals surface area contributed by atoms with Gasteiger partial charge in [0.2, 0.25) is 0 Å². The Morgan fingerprint density at radius 1 is 0.306 bits per heavy atom. The highest BCUT2D eigenvalue weighted by Crippen LogP contribution is 2.61. The van der Waals surface area contributed by atoms with Gasteiger partial charge in [0.15, 0.2) is 0 Å². The zero-order valence-corrected chi connectivity index (χ0v) is 41.8. The molecule has 0 aliphatic heterocycles. The number of anilines is 6. The SMILES string of the molecule is Cc1cc(N(c2ccc(-c3ccccc3)cc2)c2cccc3ccccc23)cc2c1-c1ccc3c(c1C2(C)C)C(C)(C)c1cc(N(c2ccc(-c4ccccc4)cc2)c2cccc4ccccc24)cc(C)c1-3. The molecule has 0 amide bonds. The topological polar surface area (TPSA) is 6.48 Å². The number of benzene rings is 11. The predicted octanol–water partition coefficient (Wildman–Crippen LogP) is 19.5. The Kier molecular flexibility index (Phi) is 10.0. The lowest BCUT2D eigenvalue weighted by Gasteiger charge is -2.32. The third-order valence-corrected chi connectivity index (χ3v) is 16.0. The minimum atomic E-state index is -0.288. The van der Waals surface area contributed by atoms with Crippen molar-refractivity contribution in [1.82, 2.24) is 0 Å². The Morgan fingerprint density at radius 3 is 1.06 bits per heavy atom. The molecule has 0 heterocycles. The summed E-state index contributed by atoms with van der Waals surface area (Å²) in [5.74, 6) is 0. The molecule has 0 fully saturated rings. The van der Waals surface area contributed by atoms with E-state index in [1.807, 2.05) is 0 Å². The van der Waals surface area contributed by atoms with Crippen molar-refractivity contribution in [3.8, 4) is 44.5 Å². The van der Waals surface area contributed by atoms with Gasteiger partial charge in [-0.05, 0) is 163 Å². The molecule has 2 nitrogen and oxygen atoms in total. The first kappa shape index (κ1) is 43.6. The van der Waals surface area contributed by atoms with Crippen LogP contribution in [0.4, 0.5) is 34.1 Å². The van der Waals surface area contributed by atoms with E-state index < -0.39 is 0 Å². The Hall–Kier alpha value is -8.46. The molecule has 11 aromatic carbocycles. The van der Waals surface area contributed by atoms with Crippen LogP contribution in [0.1, 0.15) is 61.1 Å². The number of hydrogen-bond acceptors (Lipinski definition) is 2. The lowest BCUT2D eigenvalue weighted by Crippen LogP contribution is -2.24. The van der Waals surface area contributed by atoms with Crippen LogP contribution in [0.25, 0.3) is 66.1 Å². The van der Waals surface area contributed by atoms with Crippen LogP contribution in [0.2, 0.25) is 0 Å². The van der Waals surface area contributed by atoms with E-state index in [0.29, 0.717) is 0 Å². The molecule has 72 heavy (non-hydrogen) atoms. The van der Waals surface area contributed by atoms with Gasteiger partial charge in [-0.2, -0.15) is 0 Å². The first-order valence-electron chi connectivity index (χ1n) is 25.4. The number of hydrogen-bond donors (Lipinski definition) is 0. The molecule has 2 heteroatoms. The van der Waals surface area contributed by atoms with Crippen molar-refractivity contribution in [2.75, 3.05) is 9.80 Å². The minimum Gasteiger partial charge on any atom is -0.310 e. The standard InChI is InChI=1S/C70H56N2/c1-45-41-55(71(63-29-17-25-51-23-13-15-27-57(51)63)53-35-31-49(32-36-53)47-19-9-7-10-20-47)43-61-65(45)59-39-40-60-66-46(2)42-56(44-62(66)70(5,6)68(60)67(59)69(61,3)4)72(64-30-18-26-52-24-14-16-28-58(52)64)54-37-33-50(34-38-54)48-21-11-8-12-22-48/h7-44H,1-6H3. The Bertz CT molecular complexity index is 3650. The second-order valence-electron chi connectivity index (χ2n) is 21.0. The summed E-state index contributed by atoms with van der Waals surface area (Å²) in [6, 6.07) is 85.2. The number of aryl methyl sites for hydroxylation is 2. The highest BCUT2D eigenvalue weighted by atomic mass is 15.1. The summed E-state index contributed by atoms with van der Waals surface area (Å²) in [5, 5.41) is 4.90. The Balaban J connectivity index is 0.943. The van der Waals surface area contributed by atoms with Crippen molar-refractivity contribution in [3.05, 3.63) is 264 Å². The van der Waals surface area contributed by atoms with E-state index in [1.54, 1.807) is 0 Å². The van der Waals surface area contributed by atoms with Crippen LogP contribution in [-0.4, -0.2) is 0 Å². The highest BCUT2D eigenvalue weighted by Gasteiger charge is 2.47. The van der Waals surface area contributed by atoms with E-state index in [0.717, 1.165) is 11.4 Å². The predicted molar refractivity (Wildman–Crippen MR) is 306 cm³/mol. The van der Waals surface area contributed by atoms with Crippen LogP contribution < -0.4 is 9.80 Å². The van der Waals surface area contributed by atoms with Crippen molar-refractivity contribution in [1.29, 1.82) is 0 Å². The average molecular weight is 925 g/mol. The highest BCUT2D eigenvalue weighted by molar-refractivity contribution is 6.02. The zero-order chi connectivity index (χ0) is 48.9. The van der Waals surface area contributed by atoms with Gasteiger partial charge in [-0.15, -0.1) is 0 Å². The maximum absolute atomic E-state index is 2.51. The summed E-state index contributed by atoms with van der Waals surface area (Å²) >= 11 is 0. The van der Waals surface area contributed by atoms with Gasteiger partial charge in [-0.1, -0.05) is 198 Å². The lowest BCUT2D eigenvalue weighted by atomic mass is 9.72. The third-order valence-electron chi connectivity index (χ3n) is 16.0. The molecule has 0 bridgehead atoms. The van der Waals surface area contributed by atoms with Crippen molar-refractivity contribution in [3.63, 3.8) is 0 Å². The monoisotopic (exact) mass is 924 g/mol. The molecule has 11 aromatic rings. The third kappa shape index (κ3) is 6.77. The largest absolute Gasteiger partial charge is 0.310 e. The fourth-order valence-corrected chi connectivity index (χ4v) is 12.6. The lowest BCUT2D eigenvalue weighted by molar-refractivity contribution is 0.601. The summed E-state index contributed by atoms with van der Waals surface area (Å²) in [6.07, 6.45) is 0. The fraction of sp³-hybridized carbons (Fsp3) is 0.114. The summed E-state index contributed by atoms with van der Waals surface area (Å²) in [5.41, 5.74) is 24.9.